The number of rotatable bonds is 7. The summed E-state index contributed by atoms with van der Waals surface area (Å²) < 4.78 is 17.1. The minimum Gasteiger partial charge on any atom is -0.491 e. The molecule has 0 atom stereocenters. The Morgan fingerprint density at radius 2 is 1.81 bits per heavy atom. The van der Waals surface area contributed by atoms with Crippen LogP contribution in [-0.2, 0) is 0 Å². The monoisotopic (exact) mass is 284 g/mol. The smallest absolute Gasteiger partial charge is 0.187 e. The molecular formula is C17H16FNO2. The Labute approximate surface area is 123 Å². The van der Waals surface area contributed by atoms with Crippen molar-refractivity contribution in [2.24, 2.45) is 0 Å². The Hall–Kier alpha value is -2.62. The number of anilines is 1. The quantitative estimate of drug-likeness (QED) is 0.620. The van der Waals surface area contributed by atoms with Gasteiger partial charge in [-0.25, -0.2) is 4.39 Å². The van der Waals surface area contributed by atoms with E-state index in [0.29, 0.717) is 11.3 Å². The Kier molecular flexibility index (Phi) is 5.52. The van der Waals surface area contributed by atoms with Crippen molar-refractivity contribution in [2.45, 2.75) is 0 Å². The third-order valence-electron chi connectivity index (χ3n) is 2.74. The van der Waals surface area contributed by atoms with E-state index in [-0.39, 0.29) is 12.4 Å². The number of hydrogen-bond donors (Lipinski definition) is 1. The van der Waals surface area contributed by atoms with Crippen LogP contribution in [0.1, 0.15) is 10.4 Å². The Morgan fingerprint density at radius 3 is 2.48 bits per heavy atom. The Bertz CT molecular complexity index is 594. The molecule has 0 fully saturated rings. The summed E-state index contributed by atoms with van der Waals surface area (Å²) in [5.74, 6) is 0.550. The van der Waals surface area contributed by atoms with E-state index < -0.39 is 6.67 Å². The molecule has 0 spiro atoms. The zero-order valence-corrected chi connectivity index (χ0v) is 11.5. The van der Waals surface area contributed by atoms with Gasteiger partial charge in [0.1, 0.15) is 19.0 Å². The first-order chi connectivity index (χ1) is 10.3. The highest BCUT2D eigenvalue weighted by molar-refractivity contribution is 6.04. The van der Waals surface area contributed by atoms with E-state index in [4.69, 9.17) is 4.74 Å². The molecule has 0 radical (unpaired) electrons. The molecule has 0 aliphatic rings. The molecule has 0 heterocycles. The average molecular weight is 284 g/mol. The molecule has 0 aromatic heterocycles. The highest BCUT2D eigenvalue weighted by Crippen LogP contribution is 2.15. The van der Waals surface area contributed by atoms with Crippen LogP contribution in [0.4, 0.5) is 10.1 Å². The number of carbonyl (C=O) groups is 1. The van der Waals surface area contributed by atoms with Gasteiger partial charge in [0, 0.05) is 23.5 Å². The van der Waals surface area contributed by atoms with Crippen molar-refractivity contribution in [2.75, 3.05) is 18.6 Å². The fourth-order valence-electron chi connectivity index (χ4n) is 1.72. The minimum atomic E-state index is -0.510. The molecule has 2 aromatic rings. The fraction of sp³-hybridized carbons (Fsp3) is 0.118. The molecule has 0 aliphatic heterocycles. The number of ether oxygens (including phenoxy) is 1. The number of carbonyl (C=O) groups excluding carboxylic acids is 1. The Morgan fingerprint density at radius 1 is 1.10 bits per heavy atom. The number of benzene rings is 2. The lowest BCUT2D eigenvalue weighted by atomic mass is 10.1. The molecule has 108 valence electrons. The first kappa shape index (κ1) is 14.8. The zero-order chi connectivity index (χ0) is 14.9. The molecule has 0 bridgehead atoms. The molecule has 2 rings (SSSR count). The standard InChI is InChI=1S/C17H16FNO2/c18-11-13-21-16-8-6-15(7-9-16)19-12-10-17(20)14-4-2-1-3-5-14/h1-10,12,19H,11,13H2/b12-10+/i18-1. The second kappa shape index (κ2) is 7.85. The maximum atomic E-state index is 12.0. The van der Waals surface area contributed by atoms with Gasteiger partial charge in [-0.15, -0.1) is 0 Å². The second-order valence-corrected chi connectivity index (χ2v) is 4.27. The lowest BCUT2D eigenvalue weighted by Crippen LogP contribution is -1.98. The van der Waals surface area contributed by atoms with Crippen LogP contribution in [0.15, 0.2) is 66.9 Å². The van der Waals surface area contributed by atoms with Crippen molar-refractivity contribution in [3.63, 3.8) is 0 Å². The van der Waals surface area contributed by atoms with Gasteiger partial charge in [-0.05, 0) is 24.3 Å². The van der Waals surface area contributed by atoms with Crippen LogP contribution in [0.3, 0.4) is 0 Å². The molecule has 2 aromatic carbocycles. The first-order valence-electron chi connectivity index (χ1n) is 6.61. The van der Waals surface area contributed by atoms with Crippen LogP contribution >= 0.6 is 0 Å². The molecule has 0 amide bonds. The van der Waals surface area contributed by atoms with E-state index in [1.807, 2.05) is 18.2 Å². The van der Waals surface area contributed by atoms with Crippen molar-refractivity contribution in [1.29, 1.82) is 0 Å². The number of allylic oxidation sites excluding steroid dienone is 1. The molecule has 0 aliphatic carbocycles. The highest BCUT2D eigenvalue weighted by atomic mass is 18.2. The fourth-order valence-corrected chi connectivity index (χ4v) is 1.72. The molecule has 0 unspecified atom stereocenters. The van der Waals surface area contributed by atoms with Gasteiger partial charge in [0.15, 0.2) is 5.78 Å². The van der Waals surface area contributed by atoms with Crippen LogP contribution in [-0.4, -0.2) is 19.1 Å². The summed E-state index contributed by atoms with van der Waals surface area (Å²) in [6.45, 7) is -0.456. The SMILES string of the molecule is O=C(/C=C/Nc1ccc(OCC[18F])cc1)c1ccccc1. The topological polar surface area (TPSA) is 38.3 Å². The lowest BCUT2D eigenvalue weighted by Gasteiger charge is -2.05. The van der Waals surface area contributed by atoms with Crippen LogP contribution in [0.5, 0.6) is 5.75 Å². The highest BCUT2D eigenvalue weighted by Gasteiger charge is 1.99. The molecular weight excluding hydrogens is 268 g/mol. The third-order valence-corrected chi connectivity index (χ3v) is 2.74. The molecule has 0 saturated heterocycles. The normalized spacial score (nSPS) is 10.5. The second-order valence-electron chi connectivity index (χ2n) is 4.27. The predicted octanol–water partition coefficient (Wildman–Crippen LogP) is 3.84. The van der Waals surface area contributed by atoms with Crippen molar-refractivity contribution in [3.8, 4) is 5.75 Å². The molecule has 1 N–H and O–H groups in total. The van der Waals surface area contributed by atoms with Gasteiger partial charge in [0.2, 0.25) is 0 Å². The van der Waals surface area contributed by atoms with Gasteiger partial charge in [-0.1, -0.05) is 30.3 Å². The van der Waals surface area contributed by atoms with E-state index in [9.17, 15) is 9.18 Å². The summed E-state index contributed by atoms with van der Waals surface area (Å²) in [5.41, 5.74) is 1.46. The largest absolute Gasteiger partial charge is 0.491 e. The zero-order valence-electron chi connectivity index (χ0n) is 11.5. The van der Waals surface area contributed by atoms with Crippen LogP contribution in [0.2, 0.25) is 0 Å². The van der Waals surface area contributed by atoms with E-state index in [1.165, 1.54) is 6.08 Å². The van der Waals surface area contributed by atoms with Gasteiger partial charge < -0.3 is 10.1 Å². The maximum Gasteiger partial charge on any atom is 0.187 e. The number of ketones is 1. The van der Waals surface area contributed by atoms with Crippen molar-refractivity contribution in [3.05, 3.63) is 72.4 Å². The summed E-state index contributed by atoms with van der Waals surface area (Å²) in [5, 5.41) is 3.00. The number of hydrogen-bond acceptors (Lipinski definition) is 3. The maximum absolute atomic E-state index is 12.0. The average Bonchev–Trinajstić information content (AvgIpc) is 2.55. The summed E-state index contributed by atoms with van der Waals surface area (Å²) in [7, 11) is 0. The van der Waals surface area contributed by atoms with Gasteiger partial charge in [-0.3, -0.25) is 4.79 Å². The number of nitrogens with one attached hydrogen (secondary N) is 1. The van der Waals surface area contributed by atoms with E-state index in [1.54, 1.807) is 42.6 Å². The van der Waals surface area contributed by atoms with Gasteiger partial charge >= 0.3 is 0 Å². The van der Waals surface area contributed by atoms with Crippen molar-refractivity contribution in [1.82, 2.24) is 0 Å². The number of halogens is 1. The minimum absolute atomic E-state index is 0.0538. The van der Waals surface area contributed by atoms with Gasteiger partial charge in [0.05, 0.1) is 0 Å². The van der Waals surface area contributed by atoms with Crippen LogP contribution < -0.4 is 10.1 Å². The van der Waals surface area contributed by atoms with Crippen molar-refractivity contribution < 1.29 is 13.9 Å². The molecule has 3 nitrogen and oxygen atoms in total. The van der Waals surface area contributed by atoms with Crippen LogP contribution in [0.25, 0.3) is 0 Å². The van der Waals surface area contributed by atoms with Gasteiger partial charge in [-0.2, -0.15) is 0 Å². The van der Waals surface area contributed by atoms with Gasteiger partial charge in [0.25, 0.3) is 0 Å². The summed E-state index contributed by atoms with van der Waals surface area (Å²) in [6.07, 6.45) is 3.07. The Balaban J connectivity index is 1.88. The summed E-state index contributed by atoms with van der Waals surface area (Å²) >= 11 is 0. The van der Waals surface area contributed by atoms with E-state index >= 15 is 0 Å². The molecule has 0 saturated carbocycles. The number of alkyl halides is 1. The summed E-state index contributed by atoms with van der Waals surface area (Å²) in [6, 6.07) is 16.1. The third kappa shape index (κ3) is 4.76. The van der Waals surface area contributed by atoms with E-state index in [0.717, 1.165) is 5.69 Å². The first-order valence-corrected chi connectivity index (χ1v) is 6.61. The summed E-state index contributed by atoms with van der Waals surface area (Å²) in [4.78, 5) is 11.8. The predicted molar refractivity (Wildman–Crippen MR) is 81.4 cm³/mol. The van der Waals surface area contributed by atoms with Crippen LogP contribution in [0, 0.1) is 0 Å². The van der Waals surface area contributed by atoms with Crippen molar-refractivity contribution >= 4 is 11.5 Å². The lowest BCUT2D eigenvalue weighted by molar-refractivity contribution is 0.104. The molecule has 4 heteroatoms. The van der Waals surface area contributed by atoms with E-state index in [2.05, 4.69) is 5.32 Å². The molecule has 21 heavy (non-hydrogen) atoms.